The Balaban J connectivity index is 1.63. The van der Waals surface area contributed by atoms with Crippen LogP contribution < -0.4 is 5.32 Å². The highest BCUT2D eigenvalue weighted by molar-refractivity contribution is 9.10. The predicted octanol–water partition coefficient (Wildman–Crippen LogP) is 0.224. The SMILES string of the molecule is OC[C@H]1OC(n2cnc3c(NCc4c(O)ccc(Br)c4O)ncnc32)[C@H](O)[C@@H]1O. The number of benzene rings is 1. The van der Waals surface area contributed by atoms with Crippen molar-refractivity contribution in [3.05, 3.63) is 34.8 Å². The third-order valence-corrected chi connectivity index (χ3v) is 5.43. The van der Waals surface area contributed by atoms with Crippen molar-refractivity contribution in [2.75, 3.05) is 11.9 Å². The number of aliphatic hydroxyl groups is 3. The van der Waals surface area contributed by atoms with Gasteiger partial charge in [0.25, 0.3) is 0 Å². The first kappa shape index (κ1) is 19.8. The topological polar surface area (TPSA) is 166 Å². The molecule has 12 heteroatoms. The summed E-state index contributed by atoms with van der Waals surface area (Å²) in [5, 5.41) is 52.6. The number of phenolic OH excluding ortho intramolecular Hbond substituents is 2. The van der Waals surface area contributed by atoms with E-state index in [1.165, 1.54) is 29.4 Å². The monoisotopic (exact) mass is 467 g/mol. The van der Waals surface area contributed by atoms with Crippen molar-refractivity contribution in [1.82, 2.24) is 19.5 Å². The van der Waals surface area contributed by atoms with Gasteiger partial charge in [-0.15, -0.1) is 0 Å². The molecule has 0 saturated carbocycles. The molecule has 0 spiro atoms. The quantitative estimate of drug-likeness (QED) is 0.305. The number of imidazole rings is 1. The number of fused-ring (bicyclic) bond motifs is 1. The first-order chi connectivity index (χ1) is 13.9. The number of hydrogen-bond acceptors (Lipinski definition) is 10. The molecule has 0 radical (unpaired) electrons. The van der Waals surface area contributed by atoms with Crippen LogP contribution in [0.3, 0.4) is 0 Å². The second kappa shape index (κ2) is 7.72. The van der Waals surface area contributed by atoms with Crippen molar-refractivity contribution in [1.29, 1.82) is 0 Å². The van der Waals surface area contributed by atoms with Gasteiger partial charge in [0.05, 0.1) is 23.0 Å². The fourth-order valence-electron chi connectivity index (χ4n) is 3.22. The molecule has 154 valence electrons. The Labute approximate surface area is 172 Å². The Morgan fingerprint density at radius 2 is 1.93 bits per heavy atom. The van der Waals surface area contributed by atoms with Gasteiger partial charge in [0.1, 0.15) is 36.1 Å². The molecule has 1 aliphatic heterocycles. The van der Waals surface area contributed by atoms with Crippen LogP contribution in [0.5, 0.6) is 11.5 Å². The zero-order valence-corrected chi connectivity index (χ0v) is 16.4. The van der Waals surface area contributed by atoms with Crippen molar-refractivity contribution in [3.8, 4) is 11.5 Å². The van der Waals surface area contributed by atoms with Crippen molar-refractivity contribution >= 4 is 32.9 Å². The third kappa shape index (κ3) is 3.38. The van der Waals surface area contributed by atoms with Gasteiger partial charge in [0.2, 0.25) is 0 Å². The van der Waals surface area contributed by atoms with E-state index in [1.54, 1.807) is 0 Å². The molecular formula is C17H18BrN5O6. The highest BCUT2D eigenvalue weighted by Crippen LogP contribution is 2.35. The lowest BCUT2D eigenvalue weighted by Crippen LogP contribution is -2.33. The summed E-state index contributed by atoms with van der Waals surface area (Å²) in [6, 6.07) is 2.98. The maximum absolute atomic E-state index is 10.2. The largest absolute Gasteiger partial charge is 0.507 e. The smallest absolute Gasteiger partial charge is 0.167 e. The molecule has 1 unspecified atom stereocenters. The van der Waals surface area contributed by atoms with Crippen LogP contribution in [0.15, 0.2) is 29.3 Å². The van der Waals surface area contributed by atoms with Gasteiger partial charge >= 0.3 is 0 Å². The van der Waals surface area contributed by atoms with Crippen LogP contribution in [0.25, 0.3) is 11.2 Å². The number of nitrogens with zero attached hydrogens (tertiary/aromatic N) is 4. The van der Waals surface area contributed by atoms with Gasteiger partial charge in [0.15, 0.2) is 23.2 Å². The van der Waals surface area contributed by atoms with Crippen LogP contribution in [0.4, 0.5) is 5.82 Å². The number of phenols is 2. The lowest BCUT2D eigenvalue weighted by Gasteiger charge is -2.16. The summed E-state index contributed by atoms with van der Waals surface area (Å²) in [6.45, 7) is -0.382. The van der Waals surface area contributed by atoms with E-state index in [-0.39, 0.29) is 23.6 Å². The Morgan fingerprint density at radius 1 is 1.14 bits per heavy atom. The number of anilines is 1. The standard InChI is InChI=1S/C17H18BrN5O6/c18-8-1-2-9(25)7(12(8)26)3-19-15-11-16(21-5-20-15)23(6-22-11)17-14(28)13(27)10(4-24)29-17/h1-2,5-6,10,13-14,17,24-28H,3-4H2,(H,19,20,21)/t10-,13-,14-,17?/m1/s1. The molecule has 3 heterocycles. The van der Waals surface area contributed by atoms with Gasteiger partial charge in [-0.1, -0.05) is 0 Å². The first-order valence-corrected chi connectivity index (χ1v) is 9.44. The molecule has 0 amide bonds. The number of halogens is 1. The highest BCUT2D eigenvalue weighted by Gasteiger charge is 2.44. The number of nitrogens with one attached hydrogen (secondary N) is 1. The Hall–Kier alpha value is -2.51. The number of aromatic nitrogens is 4. The van der Waals surface area contributed by atoms with Gasteiger partial charge in [-0.05, 0) is 28.1 Å². The van der Waals surface area contributed by atoms with Crippen molar-refractivity contribution in [2.24, 2.45) is 0 Å². The van der Waals surface area contributed by atoms with Crippen LogP contribution in [0.1, 0.15) is 11.8 Å². The number of aliphatic hydroxyl groups excluding tert-OH is 3. The van der Waals surface area contributed by atoms with Crippen LogP contribution in [0.2, 0.25) is 0 Å². The minimum Gasteiger partial charge on any atom is -0.507 e. The molecule has 11 nitrogen and oxygen atoms in total. The lowest BCUT2D eigenvalue weighted by molar-refractivity contribution is -0.0511. The molecule has 1 aliphatic rings. The minimum absolute atomic E-state index is 0.0595. The van der Waals surface area contributed by atoms with E-state index in [0.29, 0.717) is 21.5 Å². The molecule has 4 rings (SSSR count). The van der Waals surface area contributed by atoms with Gasteiger partial charge in [0, 0.05) is 6.54 Å². The molecule has 1 fully saturated rings. The second-order valence-corrected chi connectivity index (χ2v) is 7.38. The van der Waals surface area contributed by atoms with Crippen molar-refractivity contribution in [2.45, 2.75) is 31.1 Å². The van der Waals surface area contributed by atoms with E-state index in [9.17, 15) is 25.5 Å². The van der Waals surface area contributed by atoms with E-state index < -0.39 is 31.1 Å². The van der Waals surface area contributed by atoms with Gasteiger partial charge in [-0.3, -0.25) is 4.57 Å². The summed E-state index contributed by atoms with van der Waals surface area (Å²) in [5.74, 6) is 0.152. The molecule has 1 saturated heterocycles. The molecule has 29 heavy (non-hydrogen) atoms. The summed E-state index contributed by atoms with van der Waals surface area (Å²) >= 11 is 3.20. The fourth-order valence-corrected chi connectivity index (χ4v) is 3.59. The van der Waals surface area contributed by atoms with Gasteiger partial charge in [-0.2, -0.15) is 0 Å². The third-order valence-electron chi connectivity index (χ3n) is 4.79. The van der Waals surface area contributed by atoms with Crippen LogP contribution >= 0.6 is 15.9 Å². The molecule has 3 aromatic rings. The molecule has 6 N–H and O–H groups in total. The van der Waals surface area contributed by atoms with E-state index in [2.05, 4.69) is 36.2 Å². The Morgan fingerprint density at radius 3 is 2.66 bits per heavy atom. The number of rotatable bonds is 5. The summed E-state index contributed by atoms with van der Waals surface area (Å²) in [5.41, 5.74) is 0.966. The number of ether oxygens (including phenoxy) is 1. The maximum atomic E-state index is 10.2. The van der Waals surface area contributed by atoms with E-state index in [1.807, 2.05) is 0 Å². The zero-order chi connectivity index (χ0) is 20.7. The Bertz CT molecular complexity index is 1050. The lowest BCUT2D eigenvalue weighted by atomic mass is 10.1. The number of hydrogen-bond donors (Lipinski definition) is 6. The summed E-state index contributed by atoms with van der Waals surface area (Å²) < 4.78 is 7.40. The number of aromatic hydroxyl groups is 2. The van der Waals surface area contributed by atoms with Gasteiger partial charge < -0.3 is 35.6 Å². The van der Waals surface area contributed by atoms with E-state index in [0.717, 1.165) is 0 Å². The maximum Gasteiger partial charge on any atom is 0.167 e. The van der Waals surface area contributed by atoms with Crippen molar-refractivity contribution in [3.63, 3.8) is 0 Å². The fraction of sp³-hybridized carbons (Fsp3) is 0.353. The molecule has 4 atom stereocenters. The molecule has 0 bridgehead atoms. The van der Waals surface area contributed by atoms with E-state index in [4.69, 9.17) is 4.74 Å². The second-order valence-electron chi connectivity index (χ2n) is 6.52. The predicted molar refractivity (Wildman–Crippen MR) is 103 cm³/mol. The van der Waals surface area contributed by atoms with Crippen LogP contribution in [-0.4, -0.2) is 70.0 Å². The minimum atomic E-state index is -1.27. The molecule has 0 aliphatic carbocycles. The first-order valence-electron chi connectivity index (χ1n) is 8.65. The Kier molecular flexibility index (Phi) is 5.27. The molecule has 2 aromatic heterocycles. The summed E-state index contributed by atoms with van der Waals surface area (Å²) in [4.78, 5) is 12.6. The summed E-state index contributed by atoms with van der Waals surface area (Å²) in [6.07, 6.45) is -1.75. The summed E-state index contributed by atoms with van der Waals surface area (Å²) in [7, 11) is 0. The molecule has 1 aromatic carbocycles. The highest BCUT2D eigenvalue weighted by atomic mass is 79.9. The normalized spacial score (nSPS) is 24.3. The van der Waals surface area contributed by atoms with Crippen LogP contribution in [-0.2, 0) is 11.3 Å². The van der Waals surface area contributed by atoms with E-state index >= 15 is 0 Å². The zero-order valence-electron chi connectivity index (χ0n) is 14.8. The average Bonchev–Trinajstić information content (AvgIpc) is 3.26. The molecular weight excluding hydrogens is 450 g/mol. The average molecular weight is 468 g/mol. The van der Waals surface area contributed by atoms with Crippen molar-refractivity contribution < 1.29 is 30.3 Å². The van der Waals surface area contributed by atoms with Crippen LogP contribution in [0, 0.1) is 0 Å². The van der Waals surface area contributed by atoms with Gasteiger partial charge in [-0.25, -0.2) is 15.0 Å².